The number of para-hydroxylation sites is 1. The molecule has 0 atom stereocenters. The van der Waals surface area contributed by atoms with E-state index in [1.165, 1.54) is 0 Å². The van der Waals surface area contributed by atoms with Gasteiger partial charge in [0, 0.05) is 14.2 Å². The maximum absolute atomic E-state index is 11.7. The molecule has 0 saturated carbocycles. The van der Waals surface area contributed by atoms with Gasteiger partial charge in [-0.2, -0.15) is 0 Å². The molecule has 0 bridgehead atoms. The van der Waals surface area contributed by atoms with Crippen molar-refractivity contribution < 1.29 is 51.8 Å². The van der Waals surface area contributed by atoms with Crippen LogP contribution in [0, 0.1) is 0 Å². The molecule has 1 rings (SSSR count). The summed E-state index contributed by atoms with van der Waals surface area (Å²) in [6.45, 7) is -0.288. The molecular weight excluding hydrogens is 411 g/mol. The van der Waals surface area contributed by atoms with Gasteiger partial charge in [0.05, 0.1) is 20.3 Å². The van der Waals surface area contributed by atoms with Crippen molar-refractivity contribution in [2.75, 3.05) is 35.0 Å². The fourth-order valence-corrected chi connectivity index (χ4v) is 2.17. The van der Waals surface area contributed by atoms with Gasteiger partial charge in [-0.15, -0.1) is 0 Å². The minimum Gasteiger partial charge on any atom is -0.482 e. The minimum atomic E-state index is -3.85. The summed E-state index contributed by atoms with van der Waals surface area (Å²) in [7, 11) is 0.633. The minimum absolute atomic E-state index is 0.249. The zero-order chi connectivity index (χ0) is 22.3. The standard InChI is InChI=1S/C9H15O8P.C8H8O3/c1-13-8(10)5-7(6-9(11)14-2)17-18(12,15-3)16-4;9-8(10)6-11-7-4-2-1-3-5-7/h5H,6H2,1-4H3;1-5H,6H2,(H,9,10)/b7-5-;. The van der Waals surface area contributed by atoms with Crippen LogP contribution in [0.25, 0.3) is 0 Å². The summed E-state index contributed by atoms with van der Waals surface area (Å²) in [5, 5.41) is 8.25. The number of aliphatic carboxylic acids is 1. The van der Waals surface area contributed by atoms with Gasteiger partial charge in [0.2, 0.25) is 0 Å². The van der Waals surface area contributed by atoms with Crippen molar-refractivity contribution in [3.8, 4) is 5.75 Å². The second-order valence-electron chi connectivity index (χ2n) is 4.79. The molecule has 1 aromatic carbocycles. The van der Waals surface area contributed by atoms with E-state index in [0.29, 0.717) is 5.75 Å². The number of esters is 2. The van der Waals surface area contributed by atoms with Gasteiger partial charge in [0.15, 0.2) is 6.61 Å². The molecule has 0 fully saturated rings. The van der Waals surface area contributed by atoms with Crippen molar-refractivity contribution in [1.29, 1.82) is 0 Å². The number of methoxy groups -OCH3 is 2. The van der Waals surface area contributed by atoms with Crippen LogP contribution in [0.1, 0.15) is 6.42 Å². The molecule has 0 aromatic heterocycles. The molecule has 11 nitrogen and oxygen atoms in total. The number of rotatable bonds is 10. The molecule has 0 saturated heterocycles. The number of hydrogen-bond acceptors (Lipinski definition) is 10. The van der Waals surface area contributed by atoms with E-state index >= 15 is 0 Å². The lowest BCUT2D eigenvalue weighted by Crippen LogP contribution is -2.09. The van der Waals surface area contributed by atoms with E-state index in [9.17, 15) is 18.9 Å². The molecule has 12 heteroatoms. The number of benzene rings is 1. The maximum Gasteiger partial charge on any atom is 0.529 e. The number of carboxylic acid groups (broad SMARTS) is 1. The van der Waals surface area contributed by atoms with Crippen molar-refractivity contribution >= 4 is 25.7 Å². The second-order valence-corrected chi connectivity index (χ2v) is 6.59. The van der Waals surface area contributed by atoms with Gasteiger partial charge in [-0.25, -0.2) is 14.2 Å². The predicted molar refractivity (Wildman–Crippen MR) is 99.0 cm³/mol. The van der Waals surface area contributed by atoms with E-state index in [4.69, 9.17) is 14.4 Å². The summed E-state index contributed by atoms with van der Waals surface area (Å²) in [5.74, 6) is -2.11. The van der Waals surface area contributed by atoms with Crippen LogP contribution in [-0.4, -0.2) is 58.1 Å². The SMILES string of the molecule is COC(=O)/C=C(/CC(=O)OC)OP(=O)(OC)OC.O=C(O)COc1ccccc1. The number of hydrogen-bond donors (Lipinski definition) is 1. The molecule has 0 amide bonds. The van der Waals surface area contributed by atoms with Gasteiger partial charge in [-0.1, -0.05) is 18.2 Å². The average Bonchev–Trinajstić information content (AvgIpc) is 2.73. The molecule has 0 aliphatic rings. The number of carbonyl (C=O) groups excluding carboxylic acids is 2. The van der Waals surface area contributed by atoms with E-state index in [0.717, 1.165) is 34.5 Å². The van der Waals surface area contributed by atoms with Gasteiger partial charge in [-0.05, 0) is 12.1 Å². The van der Waals surface area contributed by atoms with Crippen LogP contribution in [-0.2, 0) is 42.0 Å². The lowest BCUT2D eigenvalue weighted by Gasteiger charge is -2.15. The van der Waals surface area contributed by atoms with E-state index in [1.807, 2.05) is 6.07 Å². The molecule has 0 aliphatic carbocycles. The Morgan fingerprint density at radius 3 is 2.03 bits per heavy atom. The Kier molecular flexibility index (Phi) is 12.8. The smallest absolute Gasteiger partial charge is 0.482 e. The maximum atomic E-state index is 11.7. The van der Waals surface area contributed by atoms with Crippen molar-refractivity contribution in [1.82, 2.24) is 0 Å². The van der Waals surface area contributed by atoms with Gasteiger partial charge in [0.1, 0.15) is 17.9 Å². The number of carbonyl (C=O) groups is 3. The summed E-state index contributed by atoms with van der Waals surface area (Å²) >= 11 is 0. The molecule has 29 heavy (non-hydrogen) atoms. The Labute approximate surface area is 167 Å². The number of phosphoric ester groups is 1. The van der Waals surface area contributed by atoms with Gasteiger partial charge < -0.3 is 23.8 Å². The molecule has 0 spiro atoms. The largest absolute Gasteiger partial charge is 0.529 e. The molecule has 162 valence electrons. The molecule has 0 unspecified atom stereocenters. The monoisotopic (exact) mass is 434 g/mol. The van der Waals surface area contributed by atoms with E-state index < -0.39 is 32.2 Å². The topological polar surface area (TPSA) is 144 Å². The number of carboxylic acids is 1. The Morgan fingerprint density at radius 2 is 1.59 bits per heavy atom. The molecule has 1 aromatic rings. The van der Waals surface area contributed by atoms with Crippen molar-refractivity contribution in [3.05, 3.63) is 42.2 Å². The van der Waals surface area contributed by atoms with Crippen molar-refractivity contribution in [3.63, 3.8) is 0 Å². The first-order valence-electron chi connectivity index (χ1n) is 7.85. The zero-order valence-electron chi connectivity index (χ0n) is 16.4. The Morgan fingerprint density at radius 1 is 1.00 bits per heavy atom. The summed E-state index contributed by atoms with van der Waals surface area (Å²) in [5.41, 5.74) is 0. The highest BCUT2D eigenvalue weighted by atomic mass is 31.2. The van der Waals surface area contributed by atoms with Crippen LogP contribution in [0.2, 0.25) is 0 Å². The van der Waals surface area contributed by atoms with Crippen molar-refractivity contribution in [2.45, 2.75) is 6.42 Å². The highest BCUT2D eigenvalue weighted by Crippen LogP contribution is 2.50. The lowest BCUT2D eigenvalue weighted by atomic mass is 10.3. The van der Waals surface area contributed by atoms with Crippen LogP contribution < -0.4 is 4.74 Å². The summed E-state index contributed by atoms with van der Waals surface area (Å²) in [6, 6.07) is 8.84. The fraction of sp³-hybridized carbons (Fsp3) is 0.353. The van der Waals surface area contributed by atoms with Gasteiger partial charge >= 0.3 is 25.7 Å². The first kappa shape index (κ1) is 26.1. The quantitative estimate of drug-likeness (QED) is 0.250. The molecule has 1 N–H and O–H groups in total. The second kappa shape index (κ2) is 14.2. The predicted octanol–water partition coefficient (Wildman–Crippen LogP) is 2.17. The Hall–Kier alpha value is -2.88. The highest BCUT2D eigenvalue weighted by molar-refractivity contribution is 7.48. The Bertz CT molecular complexity index is 722. The van der Waals surface area contributed by atoms with Gasteiger partial charge in [0.25, 0.3) is 0 Å². The Balaban J connectivity index is 0.000000604. The summed E-state index contributed by atoms with van der Waals surface area (Å²) in [4.78, 5) is 32.2. The highest BCUT2D eigenvalue weighted by Gasteiger charge is 2.27. The molecule has 0 aliphatic heterocycles. The number of phosphoric acid groups is 1. The number of ether oxygens (including phenoxy) is 3. The summed E-state index contributed by atoms with van der Waals surface area (Å²) in [6.07, 6.45) is 0.434. The van der Waals surface area contributed by atoms with Crippen LogP contribution in [0.5, 0.6) is 5.75 Å². The lowest BCUT2D eigenvalue weighted by molar-refractivity contribution is -0.140. The average molecular weight is 434 g/mol. The zero-order valence-corrected chi connectivity index (χ0v) is 17.2. The van der Waals surface area contributed by atoms with Crippen molar-refractivity contribution in [2.24, 2.45) is 0 Å². The molecule has 0 heterocycles. The third-order valence-electron chi connectivity index (χ3n) is 2.81. The van der Waals surface area contributed by atoms with E-state index in [2.05, 4.69) is 18.5 Å². The van der Waals surface area contributed by atoms with Crippen LogP contribution in [0.15, 0.2) is 42.2 Å². The van der Waals surface area contributed by atoms with Crippen LogP contribution >= 0.6 is 7.82 Å². The molecular formula is C17H23O11P. The van der Waals surface area contributed by atoms with E-state index in [1.54, 1.807) is 24.3 Å². The van der Waals surface area contributed by atoms with E-state index in [-0.39, 0.29) is 12.4 Å². The molecule has 0 radical (unpaired) electrons. The first-order valence-corrected chi connectivity index (χ1v) is 9.31. The van der Waals surface area contributed by atoms with Crippen LogP contribution in [0.3, 0.4) is 0 Å². The first-order chi connectivity index (χ1) is 13.7. The van der Waals surface area contributed by atoms with Crippen LogP contribution in [0.4, 0.5) is 0 Å². The third-order valence-corrected chi connectivity index (χ3v) is 4.16. The fourth-order valence-electron chi connectivity index (χ4n) is 1.47. The van der Waals surface area contributed by atoms with Gasteiger partial charge in [-0.3, -0.25) is 13.8 Å². The summed E-state index contributed by atoms with van der Waals surface area (Å²) < 4.78 is 39.2. The normalized spacial score (nSPS) is 10.8. The third kappa shape index (κ3) is 12.2.